The van der Waals surface area contributed by atoms with Crippen LogP contribution in [0.5, 0.6) is 17.2 Å². The summed E-state index contributed by atoms with van der Waals surface area (Å²) in [5.41, 5.74) is 2.27. The number of aromatic hydroxyl groups is 1. The van der Waals surface area contributed by atoms with Crippen LogP contribution in [-0.2, 0) is 0 Å². The number of aromatic nitrogens is 2. The highest BCUT2D eigenvalue weighted by Gasteiger charge is 2.03. The van der Waals surface area contributed by atoms with Crippen LogP contribution in [0.4, 0.5) is 0 Å². The lowest BCUT2D eigenvalue weighted by atomic mass is 10.2. The molecule has 4 aromatic carbocycles. The summed E-state index contributed by atoms with van der Waals surface area (Å²) >= 11 is 3.46. The van der Waals surface area contributed by atoms with Gasteiger partial charge in [0, 0.05) is 38.7 Å². The molecule has 0 radical (unpaired) electrons. The summed E-state index contributed by atoms with van der Waals surface area (Å²) in [5.74, 6) is 2.06. The molecule has 2 aromatic heterocycles. The summed E-state index contributed by atoms with van der Waals surface area (Å²) in [6.07, 6.45) is 3.86. The van der Waals surface area contributed by atoms with E-state index in [9.17, 15) is 0 Å². The minimum atomic E-state index is 0.322. The third kappa shape index (κ3) is 6.05. The van der Waals surface area contributed by atoms with Gasteiger partial charge in [0.05, 0.1) is 0 Å². The lowest BCUT2D eigenvalue weighted by molar-refractivity contribution is 0.475. The largest absolute Gasteiger partial charge is 0.508 e. The van der Waals surface area contributed by atoms with E-state index in [4.69, 9.17) is 9.84 Å². The van der Waals surface area contributed by atoms with Crippen LogP contribution in [0.25, 0.3) is 21.8 Å². The van der Waals surface area contributed by atoms with E-state index in [0.29, 0.717) is 5.75 Å². The van der Waals surface area contributed by atoms with Gasteiger partial charge in [-0.25, -0.2) is 0 Å². The Morgan fingerprint density at radius 2 is 1.15 bits per heavy atom. The summed E-state index contributed by atoms with van der Waals surface area (Å²) in [5, 5.41) is 11.0. The first-order valence-electron chi connectivity index (χ1n) is 10.5. The van der Waals surface area contributed by atoms with Crippen LogP contribution < -0.4 is 4.74 Å². The molecule has 5 heteroatoms. The molecule has 0 aliphatic carbocycles. The van der Waals surface area contributed by atoms with Crippen molar-refractivity contribution in [2.75, 3.05) is 0 Å². The predicted molar refractivity (Wildman–Crippen MR) is 139 cm³/mol. The van der Waals surface area contributed by atoms with E-state index in [-0.39, 0.29) is 0 Å². The summed E-state index contributed by atoms with van der Waals surface area (Å²) in [6.45, 7) is 0. The van der Waals surface area contributed by atoms with E-state index in [1.54, 1.807) is 24.3 Å². The topological polar surface area (TPSA) is 61.0 Å². The molecule has 3 N–H and O–H groups in total. The standard InChI is InChI=1S/C14H11NO.C8H6BrN.C6H6O/c1-2-5-11(6-3-1)16-14-8-4-7-13-12(14)9-10-15-13;9-7-2-1-3-8-6(7)4-5-10-8;7-6-4-2-1-3-5-6/h1-10,15H;1-5,10H;1-5,7H. The third-order valence-electron chi connectivity index (χ3n) is 4.82. The van der Waals surface area contributed by atoms with Gasteiger partial charge in [0.25, 0.3) is 0 Å². The molecule has 164 valence electrons. The first kappa shape index (κ1) is 22.2. The molecular formula is C28H23BrN2O2. The van der Waals surface area contributed by atoms with Crippen molar-refractivity contribution in [3.05, 3.63) is 126 Å². The summed E-state index contributed by atoms with van der Waals surface area (Å²) in [6, 6.07) is 34.7. The molecule has 0 spiro atoms. The number of phenols is 1. The van der Waals surface area contributed by atoms with Gasteiger partial charge in [-0.15, -0.1) is 0 Å². The molecule has 0 atom stereocenters. The second-order valence-corrected chi connectivity index (χ2v) is 7.98. The van der Waals surface area contributed by atoms with Gasteiger partial charge < -0.3 is 19.8 Å². The number of hydrogen-bond acceptors (Lipinski definition) is 2. The normalized spacial score (nSPS) is 10.1. The number of nitrogens with one attached hydrogen (secondary N) is 2. The van der Waals surface area contributed by atoms with Crippen molar-refractivity contribution < 1.29 is 9.84 Å². The molecule has 0 aliphatic heterocycles. The van der Waals surface area contributed by atoms with E-state index in [2.05, 4.69) is 38.0 Å². The molecule has 33 heavy (non-hydrogen) atoms. The smallest absolute Gasteiger partial charge is 0.136 e. The maximum absolute atomic E-state index is 8.63. The Hall–Kier alpha value is -3.96. The highest BCUT2D eigenvalue weighted by molar-refractivity contribution is 9.10. The van der Waals surface area contributed by atoms with Crippen LogP contribution in [-0.4, -0.2) is 15.1 Å². The first-order valence-corrected chi connectivity index (χ1v) is 11.2. The second-order valence-electron chi connectivity index (χ2n) is 7.12. The van der Waals surface area contributed by atoms with Crippen molar-refractivity contribution >= 4 is 37.7 Å². The number of ether oxygens (including phenoxy) is 1. The van der Waals surface area contributed by atoms with Crippen molar-refractivity contribution in [3.8, 4) is 17.2 Å². The van der Waals surface area contributed by atoms with Crippen molar-refractivity contribution in [1.29, 1.82) is 0 Å². The van der Waals surface area contributed by atoms with Gasteiger partial charge in [0.15, 0.2) is 0 Å². The fourth-order valence-corrected chi connectivity index (χ4v) is 3.73. The number of aromatic amines is 2. The number of fused-ring (bicyclic) bond motifs is 2. The molecule has 0 saturated carbocycles. The van der Waals surface area contributed by atoms with Gasteiger partial charge in [-0.05, 0) is 60.7 Å². The zero-order chi connectivity index (χ0) is 22.9. The fraction of sp³-hybridized carbons (Fsp3) is 0. The minimum Gasteiger partial charge on any atom is -0.508 e. The zero-order valence-corrected chi connectivity index (χ0v) is 19.4. The predicted octanol–water partition coefficient (Wildman–Crippen LogP) is 8.28. The molecule has 0 bridgehead atoms. The third-order valence-corrected chi connectivity index (χ3v) is 5.52. The van der Waals surface area contributed by atoms with Gasteiger partial charge >= 0.3 is 0 Å². The highest BCUT2D eigenvalue weighted by atomic mass is 79.9. The summed E-state index contributed by atoms with van der Waals surface area (Å²) < 4.78 is 6.97. The number of rotatable bonds is 2. The lowest BCUT2D eigenvalue weighted by Crippen LogP contribution is -1.83. The SMILES string of the molecule is Brc1cccc2[nH]ccc12.Oc1ccccc1.c1ccc(Oc2cccc3[nH]ccc23)cc1. The Balaban J connectivity index is 0.000000130. The Morgan fingerprint density at radius 1 is 0.576 bits per heavy atom. The maximum Gasteiger partial charge on any atom is 0.136 e. The molecular weight excluding hydrogens is 476 g/mol. The minimum absolute atomic E-state index is 0.322. The van der Waals surface area contributed by atoms with Gasteiger partial charge in [0.1, 0.15) is 17.2 Å². The Morgan fingerprint density at radius 3 is 1.76 bits per heavy atom. The number of H-pyrrole nitrogens is 2. The molecule has 0 unspecified atom stereocenters. The van der Waals surface area contributed by atoms with Gasteiger partial charge in [-0.3, -0.25) is 0 Å². The number of para-hydroxylation sites is 2. The van der Waals surface area contributed by atoms with Crippen LogP contribution >= 0.6 is 15.9 Å². The van der Waals surface area contributed by atoms with Crippen LogP contribution in [0.2, 0.25) is 0 Å². The van der Waals surface area contributed by atoms with E-state index < -0.39 is 0 Å². The van der Waals surface area contributed by atoms with E-state index in [0.717, 1.165) is 26.9 Å². The van der Waals surface area contributed by atoms with Crippen molar-refractivity contribution in [3.63, 3.8) is 0 Å². The molecule has 6 rings (SSSR count). The van der Waals surface area contributed by atoms with E-state index in [1.807, 2.05) is 85.2 Å². The van der Waals surface area contributed by atoms with Crippen LogP contribution in [0.15, 0.2) is 126 Å². The average molecular weight is 499 g/mol. The Labute approximate surface area is 200 Å². The molecule has 4 nitrogen and oxygen atoms in total. The molecule has 6 aromatic rings. The Bertz CT molecular complexity index is 1410. The van der Waals surface area contributed by atoms with Crippen molar-refractivity contribution in [2.45, 2.75) is 0 Å². The van der Waals surface area contributed by atoms with Crippen molar-refractivity contribution in [1.82, 2.24) is 9.97 Å². The van der Waals surface area contributed by atoms with Gasteiger partial charge in [-0.1, -0.05) is 64.5 Å². The average Bonchev–Trinajstić information content (AvgIpc) is 3.52. The lowest BCUT2D eigenvalue weighted by Gasteiger charge is -2.06. The van der Waals surface area contributed by atoms with E-state index in [1.165, 1.54) is 10.9 Å². The quantitative estimate of drug-likeness (QED) is 0.225. The molecule has 0 amide bonds. The highest BCUT2D eigenvalue weighted by Crippen LogP contribution is 2.29. The number of halogens is 1. The van der Waals surface area contributed by atoms with Crippen LogP contribution in [0, 0.1) is 0 Å². The first-order chi connectivity index (χ1) is 16.2. The summed E-state index contributed by atoms with van der Waals surface area (Å²) in [7, 11) is 0. The number of phenolic OH excluding ortho intramolecular Hbond substituents is 1. The number of benzene rings is 4. The molecule has 2 heterocycles. The van der Waals surface area contributed by atoms with Gasteiger partial charge in [0.2, 0.25) is 0 Å². The molecule has 0 saturated heterocycles. The maximum atomic E-state index is 8.63. The van der Waals surface area contributed by atoms with Crippen LogP contribution in [0.3, 0.4) is 0 Å². The van der Waals surface area contributed by atoms with Crippen molar-refractivity contribution in [2.24, 2.45) is 0 Å². The molecule has 0 aliphatic rings. The fourth-order valence-electron chi connectivity index (χ4n) is 3.24. The van der Waals surface area contributed by atoms with Crippen LogP contribution in [0.1, 0.15) is 0 Å². The van der Waals surface area contributed by atoms with Gasteiger partial charge in [-0.2, -0.15) is 0 Å². The second kappa shape index (κ2) is 11.1. The Kier molecular flexibility index (Phi) is 7.46. The molecule has 0 fully saturated rings. The number of hydrogen-bond donors (Lipinski definition) is 3. The zero-order valence-electron chi connectivity index (χ0n) is 17.8. The monoisotopic (exact) mass is 498 g/mol. The van der Waals surface area contributed by atoms with E-state index >= 15 is 0 Å². The summed E-state index contributed by atoms with van der Waals surface area (Å²) in [4.78, 5) is 6.30.